The molecule has 3 rings (SSSR count). The lowest BCUT2D eigenvalue weighted by atomic mass is 10.0. The number of halogens is 2. The molecule has 1 fully saturated rings. The molecular formula is C19H29Cl2N3S. The van der Waals surface area contributed by atoms with Crippen LogP contribution >= 0.6 is 36.2 Å². The Morgan fingerprint density at radius 1 is 1.04 bits per heavy atom. The Bertz CT molecular complexity index is 579. The topological polar surface area (TPSA) is 18.5 Å². The fraction of sp³-hybridized carbons (Fsp3) is 0.474. The maximum absolute atomic E-state index is 3.46. The van der Waals surface area contributed by atoms with E-state index in [0.717, 1.165) is 39.3 Å². The summed E-state index contributed by atoms with van der Waals surface area (Å²) in [4.78, 5) is 6.45. The van der Waals surface area contributed by atoms with Crippen LogP contribution in [0.15, 0.2) is 41.8 Å². The van der Waals surface area contributed by atoms with Crippen LogP contribution in [-0.2, 0) is 0 Å². The highest BCUT2D eigenvalue weighted by Crippen LogP contribution is 2.33. The fourth-order valence-corrected chi connectivity index (χ4v) is 4.28. The monoisotopic (exact) mass is 401 g/mol. The molecule has 140 valence electrons. The van der Waals surface area contributed by atoms with Gasteiger partial charge in [-0.1, -0.05) is 18.2 Å². The lowest BCUT2D eigenvalue weighted by molar-refractivity contribution is 0.200. The minimum Gasteiger partial charge on any atom is -0.372 e. The number of anilines is 1. The Morgan fingerprint density at radius 2 is 1.68 bits per heavy atom. The van der Waals surface area contributed by atoms with Gasteiger partial charge in [0.1, 0.15) is 0 Å². The van der Waals surface area contributed by atoms with Crippen molar-refractivity contribution < 1.29 is 0 Å². The molecule has 1 aliphatic rings. The SMILES string of the molecule is CCN(CC)c1ccc([C@H](c2cccs2)N2CCNCC2)cc1.Cl.Cl. The summed E-state index contributed by atoms with van der Waals surface area (Å²) in [6, 6.07) is 14.0. The minimum atomic E-state index is 0. The number of piperazine rings is 1. The second-order valence-corrected chi connectivity index (χ2v) is 6.95. The molecule has 1 aromatic heterocycles. The van der Waals surface area contributed by atoms with Crippen LogP contribution in [0.5, 0.6) is 0 Å². The van der Waals surface area contributed by atoms with Gasteiger partial charge in [-0.2, -0.15) is 0 Å². The first kappa shape index (κ1) is 22.3. The van der Waals surface area contributed by atoms with Crippen molar-refractivity contribution in [2.24, 2.45) is 0 Å². The highest BCUT2D eigenvalue weighted by Gasteiger charge is 2.24. The third-order valence-electron chi connectivity index (χ3n) is 4.67. The number of nitrogens with zero attached hydrogens (tertiary/aromatic N) is 2. The van der Waals surface area contributed by atoms with Crippen molar-refractivity contribution in [2.45, 2.75) is 19.9 Å². The fourth-order valence-electron chi connectivity index (χ4n) is 3.40. The predicted octanol–water partition coefficient (Wildman–Crippen LogP) is 4.43. The van der Waals surface area contributed by atoms with Gasteiger partial charge in [0.2, 0.25) is 0 Å². The van der Waals surface area contributed by atoms with Gasteiger partial charge < -0.3 is 10.2 Å². The third kappa shape index (κ3) is 5.35. The molecule has 2 aromatic rings. The van der Waals surface area contributed by atoms with E-state index in [2.05, 4.69) is 70.7 Å². The first-order valence-corrected chi connectivity index (χ1v) is 9.54. The summed E-state index contributed by atoms with van der Waals surface area (Å²) in [6.07, 6.45) is 0. The van der Waals surface area contributed by atoms with E-state index in [1.54, 1.807) is 0 Å². The molecule has 0 saturated carbocycles. The first-order chi connectivity index (χ1) is 11.3. The van der Waals surface area contributed by atoms with Gasteiger partial charge in [-0.15, -0.1) is 36.2 Å². The molecule has 2 heterocycles. The van der Waals surface area contributed by atoms with Gasteiger partial charge in [0.15, 0.2) is 0 Å². The van der Waals surface area contributed by atoms with E-state index in [4.69, 9.17) is 0 Å². The van der Waals surface area contributed by atoms with Crippen LogP contribution in [0.25, 0.3) is 0 Å². The Hall–Kier alpha value is -0.780. The molecule has 6 heteroatoms. The summed E-state index contributed by atoms with van der Waals surface area (Å²) in [5.74, 6) is 0. The molecule has 1 aromatic carbocycles. The Labute approximate surface area is 168 Å². The quantitative estimate of drug-likeness (QED) is 0.771. The molecule has 0 unspecified atom stereocenters. The van der Waals surface area contributed by atoms with E-state index in [1.165, 1.54) is 16.1 Å². The van der Waals surface area contributed by atoms with Crippen LogP contribution in [-0.4, -0.2) is 44.2 Å². The molecule has 0 bridgehead atoms. The average Bonchev–Trinajstić information content (AvgIpc) is 3.13. The molecule has 1 aliphatic heterocycles. The zero-order valence-electron chi connectivity index (χ0n) is 15.0. The summed E-state index contributed by atoms with van der Waals surface area (Å²) >= 11 is 1.87. The van der Waals surface area contributed by atoms with Crippen molar-refractivity contribution in [3.05, 3.63) is 52.2 Å². The van der Waals surface area contributed by atoms with E-state index in [0.29, 0.717) is 6.04 Å². The molecular weight excluding hydrogens is 373 g/mol. The van der Waals surface area contributed by atoms with Crippen molar-refractivity contribution in [1.82, 2.24) is 10.2 Å². The Balaban J connectivity index is 0.00000156. The maximum atomic E-state index is 3.46. The van der Waals surface area contributed by atoms with Crippen LogP contribution in [0.1, 0.15) is 30.3 Å². The number of nitrogens with one attached hydrogen (secondary N) is 1. The summed E-state index contributed by atoms with van der Waals surface area (Å²) in [6.45, 7) is 10.9. The summed E-state index contributed by atoms with van der Waals surface area (Å²) in [7, 11) is 0. The summed E-state index contributed by atoms with van der Waals surface area (Å²) in [5.41, 5.74) is 2.73. The Morgan fingerprint density at radius 3 is 2.20 bits per heavy atom. The van der Waals surface area contributed by atoms with Crippen molar-refractivity contribution in [2.75, 3.05) is 44.2 Å². The number of benzene rings is 1. The minimum absolute atomic E-state index is 0. The standard InChI is InChI=1S/C19H27N3S.2ClH/c1-3-21(4-2)17-9-7-16(8-10-17)19(18-6-5-15-23-18)22-13-11-20-12-14-22;;/h5-10,15,19-20H,3-4,11-14H2,1-2H3;2*1H/t19-;;/m1../s1. The average molecular weight is 402 g/mol. The lowest BCUT2D eigenvalue weighted by Gasteiger charge is -2.35. The van der Waals surface area contributed by atoms with E-state index in [-0.39, 0.29) is 24.8 Å². The number of hydrogen-bond acceptors (Lipinski definition) is 4. The van der Waals surface area contributed by atoms with Crippen LogP contribution < -0.4 is 10.2 Å². The van der Waals surface area contributed by atoms with Crippen molar-refractivity contribution in [3.8, 4) is 0 Å². The normalized spacial score (nSPS) is 15.8. The Kier molecular flexibility index (Phi) is 9.83. The van der Waals surface area contributed by atoms with E-state index < -0.39 is 0 Å². The van der Waals surface area contributed by atoms with Gasteiger partial charge in [0.25, 0.3) is 0 Å². The van der Waals surface area contributed by atoms with Crippen molar-refractivity contribution in [1.29, 1.82) is 0 Å². The number of rotatable bonds is 6. The van der Waals surface area contributed by atoms with E-state index in [9.17, 15) is 0 Å². The maximum Gasteiger partial charge on any atom is 0.0696 e. The van der Waals surface area contributed by atoms with Gasteiger partial charge in [-0.3, -0.25) is 4.90 Å². The third-order valence-corrected chi connectivity index (χ3v) is 5.59. The van der Waals surface area contributed by atoms with E-state index in [1.807, 2.05) is 11.3 Å². The first-order valence-electron chi connectivity index (χ1n) is 8.66. The predicted molar refractivity (Wildman–Crippen MR) is 115 cm³/mol. The molecule has 0 aliphatic carbocycles. The second-order valence-electron chi connectivity index (χ2n) is 5.97. The van der Waals surface area contributed by atoms with Gasteiger partial charge in [0, 0.05) is 49.8 Å². The van der Waals surface area contributed by atoms with Crippen LogP contribution in [0.4, 0.5) is 5.69 Å². The smallest absolute Gasteiger partial charge is 0.0696 e. The molecule has 25 heavy (non-hydrogen) atoms. The van der Waals surface area contributed by atoms with Crippen LogP contribution in [0, 0.1) is 0 Å². The highest BCUT2D eigenvalue weighted by atomic mass is 35.5. The number of hydrogen-bond donors (Lipinski definition) is 1. The molecule has 0 radical (unpaired) electrons. The van der Waals surface area contributed by atoms with Crippen molar-refractivity contribution in [3.63, 3.8) is 0 Å². The molecule has 3 nitrogen and oxygen atoms in total. The second kappa shape index (κ2) is 11.0. The molecule has 1 atom stereocenters. The summed E-state index contributed by atoms with van der Waals surface area (Å²) in [5, 5.41) is 5.65. The van der Waals surface area contributed by atoms with Crippen molar-refractivity contribution >= 4 is 41.8 Å². The number of thiophene rings is 1. The zero-order chi connectivity index (χ0) is 16.1. The molecule has 1 N–H and O–H groups in total. The molecule has 0 spiro atoms. The largest absolute Gasteiger partial charge is 0.372 e. The van der Waals surface area contributed by atoms with Gasteiger partial charge in [-0.25, -0.2) is 0 Å². The highest BCUT2D eigenvalue weighted by molar-refractivity contribution is 7.10. The van der Waals surface area contributed by atoms with Gasteiger partial charge in [-0.05, 0) is 43.0 Å². The lowest BCUT2D eigenvalue weighted by Crippen LogP contribution is -2.45. The van der Waals surface area contributed by atoms with Gasteiger partial charge >= 0.3 is 0 Å². The van der Waals surface area contributed by atoms with Gasteiger partial charge in [0.05, 0.1) is 6.04 Å². The molecule has 0 amide bonds. The van der Waals surface area contributed by atoms with Crippen LogP contribution in [0.2, 0.25) is 0 Å². The van der Waals surface area contributed by atoms with E-state index >= 15 is 0 Å². The summed E-state index contributed by atoms with van der Waals surface area (Å²) < 4.78 is 0. The molecule has 1 saturated heterocycles. The zero-order valence-corrected chi connectivity index (χ0v) is 17.4. The van der Waals surface area contributed by atoms with Crippen LogP contribution in [0.3, 0.4) is 0 Å².